The average molecular weight is 412 g/mol. The van der Waals surface area contributed by atoms with E-state index in [-0.39, 0.29) is 5.91 Å². The van der Waals surface area contributed by atoms with Gasteiger partial charge in [0.1, 0.15) is 11.8 Å². The van der Waals surface area contributed by atoms with Crippen molar-refractivity contribution in [1.29, 1.82) is 5.26 Å². The van der Waals surface area contributed by atoms with Crippen LogP contribution in [0.2, 0.25) is 0 Å². The summed E-state index contributed by atoms with van der Waals surface area (Å²) in [7, 11) is 1.60. The summed E-state index contributed by atoms with van der Waals surface area (Å²) >= 11 is 2.65. The molecule has 0 aliphatic heterocycles. The van der Waals surface area contributed by atoms with Crippen LogP contribution in [0.5, 0.6) is 5.75 Å². The zero-order valence-corrected chi connectivity index (χ0v) is 16.8. The van der Waals surface area contributed by atoms with E-state index in [1.165, 1.54) is 23.1 Å². The van der Waals surface area contributed by atoms with Crippen molar-refractivity contribution in [3.05, 3.63) is 54.1 Å². The molecule has 2 aromatic carbocycles. The van der Waals surface area contributed by atoms with Gasteiger partial charge in [-0.3, -0.25) is 4.79 Å². The largest absolute Gasteiger partial charge is 0.495 e. The van der Waals surface area contributed by atoms with Crippen LogP contribution in [0.3, 0.4) is 0 Å². The number of para-hydroxylation sites is 3. The predicted octanol–water partition coefficient (Wildman–Crippen LogP) is 4.28. The van der Waals surface area contributed by atoms with Crippen LogP contribution in [-0.4, -0.2) is 28.5 Å². The summed E-state index contributed by atoms with van der Waals surface area (Å²) in [6.07, 6.45) is 0. The van der Waals surface area contributed by atoms with E-state index >= 15 is 0 Å². The number of ether oxygens (including phenoxy) is 1. The molecule has 0 saturated heterocycles. The Morgan fingerprint density at radius 2 is 1.89 bits per heavy atom. The molecule has 3 rings (SSSR count). The molecule has 1 atom stereocenters. The molecule has 0 spiro atoms. The smallest absolute Gasteiger partial charge is 0.237 e. The van der Waals surface area contributed by atoms with Crippen molar-refractivity contribution in [2.24, 2.45) is 0 Å². The molecule has 0 unspecified atom stereocenters. The molecule has 0 bridgehead atoms. The molecule has 2 N–H and O–H groups in total. The first-order valence-corrected chi connectivity index (χ1v) is 10.0. The lowest BCUT2D eigenvalue weighted by atomic mass is 10.2. The second-order valence-corrected chi connectivity index (χ2v) is 8.17. The monoisotopic (exact) mass is 411 g/mol. The molecule has 0 radical (unpaired) electrons. The number of methoxy groups -OCH3 is 1. The lowest BCUT2D eigenvalue weighted by molar-refractivity contribution is -0.115. The van der Waals surface area contributed by atoms with Crippen LogP contribution in [-0.2, 0) is 4.79 Å². The van der Waals surface area contributed by atoms with Crippen LogP contribution in [0.25, 0.3) is 0 Å². The SMILES string of the molecule is COc1ccccc1Nc1nnc(S[C@@H](C)C(=O)Nc2ccccc2C#N)s1. The van der Waals surface area contributed by atoms with Crippen molar-refractivity contribution in [2.75, 3.05) is 17.7 Å². The topological polar surface area (TPSA) is 99.9 Å². The van der Waals surface area contributed by atoms with Crippen LogP contribution in [0, 0.1) is 11.3 Å². The molecule has 0 aliphatic rings. The number of nitrogens with zero attached hydrogens (tertiary/aromatic N) is 3. The minimum Gasteiger partial charge on any atom is -0.495 e. The van der Waals surface area contributed by atoms with Gasteiger partial charge in [-0.1, -0.05) is 47.4 Å². The Hall–Kier alpha value is -3.09. The number of nitrogens with one attached hydrogen (secondary N) is 2. The maximum Gasteiger partial charge on any atom is 0.237 e. The van der Waals surface area contributed by atoms with Gasteiger partial charge >= 0.3 is 0 Å². The number of aromatic nitrogens is 2. The summed E-state index contributed by atoms with van der Waals surface area (Å²) in [6.45, 7) is 1.78. The quantitative estimate of drug-likeness (QED) is 0.560. The average Bonchev–Trinajstić information content (AvgIpc) is 3.15. The summed E-state index contributed by atoms with van der Waals surface area (Å²) < 4.78 is 5.97. The minimum atomic E-state index is -0.404. The van der Waals surface area contributed by atoms with Gasteiger partial charge in [0.05, 0.1) is 29.3 Å². The van der Waals surface area contributed by atoms with Crippen LogP contribution < -0.4 is 15.4 Å². The summed E-state index contributed by atoms with van der Waals surface area (Å²) in [6, 6.07) is 16.5. The maximum absolute atomic E-state index is 12.4. The van der Waals surface area contributed by atoms with Crippen LogP contribution >= 0.6 is 23.1 Å². The standard InChI is InChI=1S/C19H17N5O2S2/c1-12(17(25)21-14-8-4-3-7-13(14)11-20)27-19-24-23-18(28-19)22-15-9-5-6-10-16(15)26-2/h3-10,12H,1-2H3,(H,21,25)(H,22,23)/t12-/m0/s1. The van der Waals surface area contributed by atoms with Crippen molar-refractivity contribution in [1.82, 2.24) is 10.2 Å². The van der Waals surface area contributed by atoms with Gasteiger partial charge in [0.15, 0.2) is 4.34 Å². The molecular weight excluding hydrogens is 394 g/mol. The number of thioether (sulfide) groups is 1. The molecular formula is C19H17N5O2S2. The zero-order valence-electron chi connectivity index (χ0n) is 15.2. The zero-order chi connectivity index (χ0) is 19.9. The van der Waals surface area contributed by atoms with E-state index in [1.54, 1.807) is 38.3 Å². The number of carbonyl (C=O) groups excluding carboxylic acids is 1. The first-order valence-electron chi connectivity index (χ1n) is 8.31. The second kappa shape index (κ2) is 9.21. The summed E-state index contributed by atoms with van der Waals surface area (Å²) in [5.74, 6) is 0.498. The van der Waals surface area contributed by atoms with Gasteiger partial charge in [0.2, 0.25) is 11.0 Å². The maximum atomic E-state index is 12.4. The van der Waals surface area contributed by atoms with E-state index in [0.29, 0.717) is 26.5 Å². The molecule has 3 aromatic rings. The van der Waals surface area contributed by atoms with Gasteiger partial charge < -0.3 is 15.4 Å². The molecule has 9 heteroatoms. The number of nitriles is 1. The van der Waals surface area contributed by atoms with Crippen LogP contribution in [0.15, 0.2) is 52.9 Å². The molecule has 1 heterocycles. The van der Waals surface area contributed by atoms with Crippen molar-refractivity contribution in [3.63, 3.8) is 0 Å². The number of hydrogen-bond donors (Lipinski definition) is 2. The van der Waals surface area contributed by atoms with E-state index in [0.717, 1.165) is 5.69 Å². The molecule has 0 fully saturated rings. The Morgan fingerprint density at radius 1 is 1.18 bits per heavy atom. The molecule has 142 valence electrons. The Balaban J connectivity index is 1.63. The van der Waals surface area contributed by atoms with Gasteiger partial charge in [-0.15, -0.1) is 10.2 Å². The highest BCUT2D eigenvalue weighted by Gasteiger charge is 2.18. The van der Waals surface area contributed by atoms with Crippen LogP contribution in [0.1, 0.15) is 12.5 Å². The number of amides is 1. The number of hydrogen-bond acceptors (Lipinski definition) is 8. The number of rotatable bonds is 7. The second-order valence-electron chi connectivity index (χ2n) is 5.61. The van der Waals surface area contributed by atoms with E-state index in [2.05, 4.69) is 26.9 Å². The minimum absolute atomic E-state index is 0.206. The Morgan fingerprint density at radius 3 is 2.64 bits per heavy atom. The molecule has 0 saturated carbocycles. The van der Waals surface area contributed by atoms with E-state index in [1.807, 2.05) is 24.3 Å². The lowest BCUT2D eigenvalue weighted by Gasteiger charge is -2.11. The third-order valence-electron chi connectivity index (χ3n) is 3.71. The lowest BCUT2D eigenvalue weighted by Crippen LogP contribution is -2.22. The van der Waals surface area contributed by atoms with Crippen molar-refractivity contribution in [2.45, 2.75) is 16.5 Å². The fraction of sp³-hybridized carbons (Fsp3) is 0.158. The Kier molecular flexibility index (Phi) is 6.47. The van der Waals surface area contributed by atoms with Crippen molar-refractivity contribution >= 4 is 45.5 Å². The predicted molar refractivity (Wildman–Crippen MR) is 111 cm³/mol. The fourth-order valence-corrected chi connectivity index (χ4v) is 4.21. The number of benzene rings is 2. The van der Waals surface area contributed by atoms with E-state index in [9.17, 15) is 4.79 Å². The van der Waals surface area contributed by atoms with E-state index in [4.69, 9.17) is 10.00 Å². The molecule has 1 aromatic heterocycles. The van der Waals surface area contributed by atoms with Gasteiger partial charge in [-0.2, -0.15) is 5.26 Å². The summed E-state index contributed by atoms with van der Waals surface area (Å²) in [5.41, 5.74) is 1.71. The Bertz CT molecular complexity index is 1020. The highest BCUT2D eigenvalue weighted by molar-refractivity contribution is 8.02. The fourth-order valence-electron chi connectivity index (χ4n) is 2.30. The van der Waals surface area contributed by atoms with Crippen molar-refractivity contribution in [3.8, 4) is 11.8 Å². The van der Waals surface area contributed by atoms with Crippen molar-refractivity contribution < 1.29 is 9.53 Å². The third-order valence-corrected chi connectivity index (χ3v) is 5.73. The van der Waals surface area contributed by atoms with Crippen LogP contribution in [0.4, 0.5) is 16.5 Å². The summed E-state index contributed by atoms with van der Waals surface area (Å²) in [5, 5.41) is 23.5. The Labute approximate surface area is 170 Å². The van der Waals surface area contributed by atoms with Gasteiger partial charge in [0.25, 0.3) is 0 Å². The molecule has 28 heavy (non-hydrogen) atoms. The first kappa shape index (κ1) is 19.7. The molecule has 0 aliphatic carbocycles. The highest BCUT2D eigenvalue weighted by atomic mass is 32.2. The van der Waals surface area contributed by atoms with Gasteiger partial charge in [0, 0.05) is 0 Å². The third kappa shape index (κ3) is 4.79. The first-order chi connectivity index (χ1) is 13.6. The highest BCUT2D eigenvalue weighted by Crippen LogP contribution is 2.33. The molecule has 7 nitrogen and oxygen atoms in total. The summed E-state index contributed by atoms with van der Waals surface area (Å²) in [4.78, 5) is 12.4. The normalized spacial score (nSPS) is 11.3. The van der Waals surface area contributed by atoms with E-state index < -0.39 is 5.25 Å². The van der Waals surface area contributed by atoms with Gasteiger partial charge in [-0.05, 0) is 31.2 Å². The molecule has 1 amide bonds. The number of carbonyl (C=O) groups is 1. The van der Waals surface area contributed by atoms with Gasteiger partial charge in [-0.25, -0.2) is 0 Å². The number of anilines is 3.